The number of nitrogens with zero attached hydrogens (tertiary/aromatic N) is 1. The van der Waals surface area contributed by atoms with Gasteiger partial charge in [0.2, 0.25) is 0 Å². The number of benzene rings is 2. The number of carbonyl (C=O) groups is 1. The Hall–Kier alpha value is -2.48. The first kappa shape index (κ1) is 16.9. The van der Waals surface area contributed by atoms with Gasteiger partial charge in [-0.2, -0.15) is 5.26 Å². The van der Waals surface area contributed by atoms with E-state index in [9.17, 15) is 10.1 Å². The minimum absolute atomic E-state index is 0.0608. The molecule has 0 aliphatic rings. The summed E-state index contributed by atoms with van der Waals surface area (Å²) in [6.07, 6.45) is 1.47. The summed E-state index contributed by atoms with van der Waals surface area (Å²) >= 11 is 11.9. The van der Waals surface area contributed by atoms with Crippen LogP contribution in [0.5, 0.6) is 5.75 Å². The summed E-state index contributed by atoms with van der Waals surface area (Å²) in [7, 11) is 1.54. The fourth-order valence-corrected chi connectivity index (χ4v) is 2.18. The van der Waals surface area contributed by atoms with Crippen LogP contribution in [-0.2, 0) is 4.79 Å². The molecular weight excluding hydrogens is 335 g/mol. The van der Waals surface area contributed by atoms with Crippen LogP contribution in [0.15, 0.2) is 48.0 Å². The Morgan fingerprint density at radius 3 is 2.70 bits per heavy atom. The standard InChI is InChI=1S/C17H12Cl2N2O2/c1-23-13-5-2-4-11(9-13)8-12(10-20)17(22)21-15-7-3-6-14(18)16(15)19/h2-9H,1H3,(H,21,22)/b12-8+. The Morgan fingerprint density at radius 1 is 1.26 bits per heavy atom. The molecule has 0 radical (unpaired) electrons. The van der Waals surface area contributed by atoms with Crippen LogP contribution in [-0.4, -0.2) is 13.0 Å². The van der Waals surface area contributed by atoms with Gasteiger partial charge in [-0.05, 0) is 35.9 Å². The molecule has 1 N–H and O–H groups in total. The predicted octanol–water partition coefficient (Wildman–Crippen LogP) is 4.55. The van der Waals surface area contributed by atoms with Crippen molar-refractivity contribution in [2.45, 2.75) is 0 Å². The lowest BCUT2D eigenvalue weighted by molar-refractivity contribution is -0.112. The Bertz CT molecular complexity index is 810. The van der Waals surface area contributed by atoms with E-state index in [2.05, 4.69) is 5.32 Å². The number of hydrogen-bond donors (Lipinski definition) is 1. The van der Waals surface area contributed by atoms with E-state index in [0.29, 0.717) is 22.0 Å². The molecule has 0 aliphatic heterocycles. The number of hydrogen-bond acceptors (Lipinski definition) is 3. The number of halogens is 2. The zero-order chi connectivity index (χ0) is 16.8. The lowest BCUT2D eigenvalue weighted by atomic mass is 10.1. The van der Waals surface area contributed by atoms with Crippen LogP contribution < -0.4 is 10.1 Å². The Labute approximate surface area is 143 Å². The van der Waals surface area contributed by atoms with Crippen molar-refractivity contribution in [2.24, 2.45) is 0 Å². The highest BCUT2D eigenvalue weighted by atomic mass is 35.5. The summed E-state index contributed by atoms with van der Waals surface area (Å²) in [4.78, 5) is 12.2. The first-order valence-electron chi connectivity index (χ1n) is 6.56. The van der Waals surface area contributed by atoms with Gasteiger partial charge < -0.3 is 10.1 Å². The van der Waals surface area contributed by atoms with Crippen molar-refractivity contribution in [1.82, 2.24) is 0 Å². The topological polar surface area (TPSA) is 62.1 Å². The van der Waals surface area contributed by atoms with Crippen LogP contribution >= 0.6 is 23.2 Å². The molecule has 0 bridgehead atoms. The average molecular weight is 347 g/mol. The number of carbonyl (C=O) groups excluding carboxylic acids is 1. The highest BCUT2D eigenvalue weighted by molar-refractivity contribution is 6.44. The van der Waals surface area contributed by atoms with Crippen LogP contribution in [0.4, 0.5) is 5.69 Å². The highest BCUT2D eigenvalue weighted by Crippen LogP contribution is 2.29. The second-order valence-electron chi connectivity index (χ2n) is 4.50. The fourth-order valence-electron chi connectivity index (χ4n) is 1.84. The lowest BCUT2D eigenvalue weighted by Crippen LogP contribution is -2.13. The van der Waals surface area contributed by atoms with Crippen molar-refractivity contribution < 1.29 is 9.53 Å². The number of rotatable bonds is 4. The summed E-state index contributed by atoms with van der Waals surface area (Å²) in [5, 5.41) is 12.3. The first-order valence-corrected chi connectivity index (χ1v) is 7.32. The van der Waals surface area contributed by atoms with E-state index in [1.807, 2.05) is 6.07 Å². The maximum absolute atomic E-state index is 12.2. The number of nitriles is 1. The molecular formula is C17H12Cl2N2O2. The van der Waals surface area contributed by atoms with E-state index in [1.165, 1.54) is 6.08 Å². The molecule has 23 heavy (non-hydrogen) atoms. The van der Waals surface area contributed by atoms with Gasteiger partial charge in [-0.15, -0.1) is 0 Å². The van der Waals surface area contributed by atoms with Crippen LogP contribution in [0.1, 0.15) is 5.56 Å². The Balaban J connectivity index is 2.26. The summed E-state index contributed by atoms with van der Waals surface area (Å²) in [5.41, 5.74) is 0.957. The van der Waals surface area contributed by atoms with E-state index < -0.39 is 5.91 Å². The number of nitrogens with one attached hydrogen (secondary N) is 1. The van der Waals surface area contributed by atoms with Crippen molar-refractivity contribution in [2.75, 3.05) is 12.4 Å². The van der Waals surface area contributed by atoms with Crippen LogP contribution in [0, 0.1) is 11.3 Å². The Kier molecular flexibility index (Phi) is 5.64. The molecule has 116 valence electrons. The predicted molar refractivity (Wildman–Crippen MR) is 91.7 cm³/mol. The maximum Gasteiger partial charge on any atom is 0.266 e. The number of methoxy groups -OCH3 is 1. The number of ether oxygens (including phenoxy) is 1. The monoisotopic (exact) mass is 346 g/mol. The number of anilines is 1. The largest absolute Gasteiger partial charge is 0.497 e. The van der Waals surface area contributed by atoms with E-state index in [1.54, 1.807) is 49.6 Å². The molecule has 0 spiro atoms. The second-order valence-corrected chi connectivity index (χ2v) is 5.29. The van der Waals surface area contributed by atoms with Crippen molar-refractivity contribution >= 4 is 40.9 Å². The van der Waals surface area contributed by atoms with E-state index >= 15 is 0 Å². The minimum atomic E-state index is -0.570. The van der Waals surface area contributed by atoms with Crippen LogP contribution in [0.3, 0.4) is 0 Å². The molecule has 0 saturated heterocycles. The number of amides is 1. The van der Waals surface area contributed by atoms with Crippen molar-refractivity contribution in [1.29, 1.82) is 5.26 Å². The molecule has 0 unspecified atom stereocenters. The van der Waals surface area contributed by atoms with Gasteiger partial charge in [-0.25, -0.2) is 0 Å². The molecule has 4 nitrogen and oxygen atoms in total. The molecule has 1 amide bonds. The third-order valence-electron chi connectivity index (χ3n) is 2.97. The summed E-state index contributed by atoms with van der Waals surface area (Å²) in [6.45, 7) is 0. The van der Waals surface area contributed by atoms with E-state index in [-0.39, 0.29) is 10.6 Å². The fraction of sp³-hybridized carbons (Fsp3) is 0.0588. The van der Waals surface area contributed by atoms with Gasteiger partial charge in [0.15, 0.2) is 0 Å². The van der Waals surface area contributed by atoms with Gasteiger partial charge in [0.1, 0.15) is 17.4 Å². The SMILES string of the molecule is COc1cccc(/C=C(\C#N)C(=O)Nc2cccc(Cl)c2Cl)c1. The van der Waals surface area contributed by atoms with Crippen molar-refractivity contribution in [3.63, 3.8) is 0 Å². The third-order valence-corrected chi connectivity index (χ3v) is 3.79. The summed E-state index contributed by atoms with van der Waals surface area (Å²) in [5.74, 6) is 0.0637. The Morgan fingerprint density at radius 2 is 2.00 bits per heavy atom. The maximum atomic E-state index is 12.2. The molecule has 2 rings (SSSR count). The van der Waals surface area contributed by atoms with Gasteiger partial charge in [0, 0.05) is 0 Å². The molecule has 6 heteroatoms. The molecule has 2 aromatic carbocycles. The second kappa shape index (κ2) is 7.68. The van der Waals surface area contributed by atoms with Gasteiger partial charge in [0.05, 0.1) is 22.8 Å². The lowest BCUT2D eigenvalue weighted by Gasteiger charge is -2.07. The molecule has 0 aromatic heterocycles. The summed E-state index contributed by atoms with van der Waals surface area (Å²) in [6, 6.07) is 13.8. The van der Waals surface area contributed by atoms with Crippen molar-refractivity contribution in [3.8, 4) is 11.8 Å². The van der Waals surface area contributed by atoms with Crippen LogP contribution in [0.25, 0.3) is 6.08 Å². The normalized spacial score (nSPS) is 10.8. The zero-order valence-corrected chi connectivity index (χ0v) is 13.7. The zero-order valence-electron chi connectivity index (χ0n) is 12.1. The van der Waals surface area contributed by atoms with E-state index in [0.717, 1.165) is 0 Å². The molecule has 0 saturated carbocycles. The minimum Gasteiger partial charge on any atom is -0.497 e. The average Bonchev–Trinajstić information content (AvgIpc) is 2.57. The third kappa shape index (κ3) is 4.26. The summed E-state index contributed by atoms with van der Waals surface area (Å²) < 4.78 is 5.11. The molecule has 0 atom stereocenters. The van der Waals surface area contributed by atoms with Gasteiger partial charge in [-0.3, -0.25) is 4.79 Å². The molecule has 0 fully saturated rings. The van der Waals surface area contributed by atoms with Crippen LogP contribution in [0.2, 0.25) is 10.0 Å². The van der Waals surface area contributed by atoms with E-state index in [4.69, 9.17) is 27.9 Å². The van der Waals surface area contributed by atoms with Gasteiger partial charge in [-0.1, -0.05) is 41.4 Å². The molecule has 2 aromatic rings. The quantitative estimate of drug-likeness (QED) is 0.652. The first-order chi connectivity index (χ1) is 11.0. The smallest absolute Gasteiger partial charge is 0.266 e. The molecule has 0 aliphatic carbocycles. The van der Waals surface area contributed by atoms with Gasteiger partial charge >= 0.3 is 0 Å². The highest BCUT2D eigenvalue weighted by Gasteiger charge is 2.12. The molecule has 0 heterocycles. The van der Waals surface area contributed by atoms with Crippen molar-refractivity contribution in [3.05, 3.63) is 63.6 Å². The van der Waals surface area contributed by atoms with Gasteiger partial charge in [0.25, 0.3) is 5.91 Å².